The van der Waals surface area contributed by atoms with Crippen molar-refractivity contribution >= 4 is 34.9 Å². The van der Waals surface area contributed by atoms with E-state index in [0.717, 1.165) is 38.0 Å². The summed E-state index contributed by atoms with van der Waals surface area (Å²) in [7, 11) is 1.62. The van der Waals surface area contributed by atoms with Gasteiger partial charge >= 0.3 is 0 Å². The molecule has 1 aliphatic heterocycles. The molecule has 0 aliphatic carbocycles. The Bertz CT molecular complexity index is 756. The summed E-state index contributed by atoms with van der Waals surface area (Å²) < 4.78 is 0. The lowest BCUT2D eigenvalue weighted by Crippen LogP contribution is -2.39. The minimum Gasteiger partial charge on any atom is -0.367 e. The Kier molecular flexibility index (Phi) is 6.35. The van der Waals surface area contributed by atoms with Gasteiger partial charge in [0.2, 0.25) is 0 Å². The first kappa shape index (κ1) is 19.0. The highest BCUT2D eigenvalue weighted by molar-refractivity contribution is 6.34. The van der Waals surface area contributed by atoms with Crippen molar-refractivity contribution in [2.75, 3.05) is 25.5 Å². The highest BCUT2D eigenvalue weighted by Crippen LogP contribution is 2.23. The van der Waals surface area contributed by atoms with Gasteiger partial charge in [-0.25, -0.2) is 4.98 Å². The molecule has 2 heterocycles. The van der Waals surface area contributed by atoms with Gasteiger partial charge < -0.3 is 10.6 Å². The number of carbonyl (C=O) groups excluding carboxylic acids is 1. The molecule has 0 bridgehead atoms. The summed E-state index contributed by atoms with van der Waals surface area (Å²) in [4.78, 5) is 18.7. The number of hydrogen-bond acceptors (Lipinski definition) is 4. The lowest BCUT2D eigenvalue weighted by Gasteiger charge is -2.33. The summed E-state index contributed by atoms with van der Waals surface area (Å²) in [5.41, 5.74) is 1.70. The third-order valence-corrected chi connectivity index (χ3v) is 4.97. The Labute approximate surface area is 163 Å². The molecule has 1 aliphatic rings. The van der Waals surface area contributed by atoms with Gasteiger partial charge in [0, 0.05) is 49.0 Å². The number of anilines is 1. The van der Waals surface area contributed by atoms with E-state index < -0.39 is 0 Å². The van der Waals surface area contributed by atoms with E-state index in [9.17, 15) is 4.79 Å². The van der Waals surface area contributed by atoms with Crippen LogP contribution in [-0.4, -0.2) is 42.0 Å². The van der Waals surface area contributed by atoms with Gasteiger partial charge in [0.1, 0.15) is 5.82 Å². The Balaban J connectivity index is 1.57. The number of nitrogens with one attached hydrogen (secondary N) is 2. The van der Waals surface area contributed by atoms with Crippen LogP contribution in [0.5, 0.6) is 0 Å². The fourth-order valence-electron chi connectivity index (χ4n) is 3.23. The van der Waals surface area contributed by atoms with Crippen LogP contribution >= 0.6 is 23.2 Å². The zero-order valence-electron chi connectivity index (χ0n) is 14.6. The van der Waals surface area contributed by atoms with Crippen LogP contribution in [0.15, 0.2) is 36.5 Å². The van der Waals surface area contributed by atoms with Crippen molar-refractivity contribution in [3.05, 3.63) is 57.7 Å². The van der Waals surface area contributed by atoms with Crippen molar-refractivity contribution in [1.82, 2.24) is 15.2 Å². The average Bonchev–Trinajstić information content (AvgIpc) is 2.62. The van der Waals surface area contributed by atoms with Gasteiger partial charge in [0.15, 0.2) is 0 Å². The van der Waals surface area contributed by atoms with Gasteiger partial charge in [-0.2, -0.15) is 0 Å². The Hall–Kier alpha value is -1.82. The second-order valence-electron chi connectivity index (χ2n) is 6.45. The van der Waals surface area contributed by atoms with E-state index in [0.29, 0.717) is 27.5 Å². The van der Waals surface area contributed by atoms with Crippen LogP contribution in [0.2, 0.25) is 10.0 Å². The zero-order chi connectivity index (χ0) is 18.5. The fourth-order valence-corrected chi connectivity index (χ4v) is 3.80. The molecular formula is C19H22Cl2N4O. The van der Waals surface area contributed by atoms with Crippen LogP contribution in [0.25, 0.3) is 0 Å². The van der Waals surface area contributed by atoms with E-state index >= 15 is 0 Å². The number of amides is 1. The summed E-state index contributed by atoms with van der Waals surface area (Å²) in [5.74, 6) is 0.516. The van der Waals surface area contributed by atoms with Crippen LogP contribution in [0.3, 0.4) is 0 Å². The van der Waals surface area contributed by atoms with E-state index in [1.54, 1.807) is 31.4 Å². The molecule has 26 heavy (non-hydrogen) atoms. The van der Waals surface area contributed by atoms with Crippen molar-refractivity contribution in [3.8, 4) is 0 Å². The van der Waals surface area contributed by atoms with Crippen molar-refractivity contribution in [2.45, 2.75) is 25.4 Å². The molecule has 2 N–H and O–H groups in total. The second kappa shape index (κ2) is 8.71. The third kappa shape index (κ3) is 4.87. The Morgan fingerprint density at radius 1 is 1.23 bits per heavy atom. The zero-order valence-corrected chi connectivity index (χ0v) is 16.1. The van der Waals surface area contributed by atoms with Gasteiger partial charge in [-0.05, 0) is 48.7 Å². The lowest BCUT2D eigenvalue weighted by molar-refractivity contribution is 0.0963. The number of benzene rings is 1. The first-order valence-corrected chi connectivity index (χ1v) is 9.41. The molecule has 1 amide bonds. The molecule has 1 aromatic heterocycles. The molecule has 0 radical (unpaired) electrons. The van der Waals surface area contributed by atoms with Gasteiger partial charge in [0.25, 0.3) is 5.91 Å². The summed E-state index contributed by atoms with van der Waals surface area (Å²) >= 11 is 12.2. The average molecular weight is 393 g/mol. The Morgan fingerprint density at radius 3 is 2.58 bits per heavy atom. The highest BCUT2D eigenvalue weighted by atomic mass is 35.5. The van der Waals surface area contributed by atoms with Crippen molar-refractivity contribution < 1.29 is 4.79 Å². The molecule has 1 saturated heterocycles. The Morgan fingerprint density at radius 2 is 1.92 bits per heavy atom. The van der Waals surface area contributed by atoms with Gasteiger partial charge in [-0.1, -0.05) is 23.2 Å². The first-order valence-electron chi connectivity index (χ1n) is 8.66. The molecule has 2 aromatic rings. The smallest absolute Gasteiger partial charge is 0.254 e. The fraction of sp³-hybridized carbons (Fsp3) is 0.368. The van der Waals surface area contributed by atoms with Crippen molar-refractivity contribution in [2.24, 2.45) is 0 Å². The predicted molar refractivity (Wildman–Crippen MR) is 106 cm³/mol. The van der Waals surface area contributed by atoms with E-state index in [1.807, 2.05) is 12.1 Å². The molecule has 1 fully saturated rings. The standard InChI is InChI=1S/C19H22Cl2N4O/c1-22-19(26)17-3-2-6-23-18(17)24-16-4-7-25(8-5-16)12-13-9-14(20)11-15(21)10-13/h2-3,6,9-11,16H,4-5,7-8,12H2,1H3,(H,22,26)(H,23,24). The number of nitrogens with zero attached hydrogens (tertiary/aromatic N) is 2. The minimum absolute atomic E-state index is 0.129. The van der Waals surface area contributed by atoms with Crippen LogP contribution in [-0.2, 0) is 6.54 Å². The van der Waals surface area contributed by atoms with Gasteiger partial charge in [-0.15, -0.1) is 0 Å². The molecule has 5 nitrogen and oxygen atoms in total. The minimum atomic E-state index is -0.129. The number of aromatic nitrogens is 1. The van der Waals surface area contributed by atoms with Crippen molar-refractivity contribution in [1.29, 1.82) is 0 Å². The monoisotopic (exact) mass is 392 g/mol. The largest absolute Gasteiger partial charge is 0.367 e. The highest BCUT2D eigenvalue weighted by Gasteiger charge is 2.21. The quantitative estimate of drug-likeness (QED) is 0.811. The van der Waals surface area contributed by atoms with E-state index in [2.05, 4.69) is 20.5 Å². The van der Waals surface area contributed by atoms with Crippen LogP contribution < -0.4 is 10.6 Å². The number of likely N-dealkylation sites (tertiary alicyclic amines) is 1. The summed E-state index contributed by atoms with van der Waals surface area (Å²) in [6.45, 7) is 2.76. The third-order valence-electron chi connectivity index (χ3n) is 4.54. The molecule has 3 rings (SSSR count). The number of pyridine rings is 1. The maximum atomic E-state index is 12.0. The number of rotatable bonds is 5. The number of piperidine rings is 1. The van der Waals surface area contributed by atoms with Crippen LogP contribution in [0, 0.1) is 0 Å². The van der Waals surface area contributed by atoms with Gasteiger partial charge in [-0.3, -0.25) is 9.69 Å². The van der Waals surface area contributed by atoms with E-state index in [1.165, 1.54) is 0 Å². The number of halogens is 2. The first-order chi connectivity index (χ1) is 12.5. The molecule has 0 atom stereocenters. The molecule has 138 valence electrons. The normalized spacial score (nSPS) is 15.7. The predicted octanol–water partition coefficient (Wildman–Crippen LogP) is 3.82. The number of carbonyl (C=O) groups is 1. The maximum Gasteiger partial charge on any atom is 0.254 e. The molecule has 7 heteroatoms. The summed E-state index contributed by atoms with van der Waals surface area (Å²) in [6, 6.07) is 9.52. The molecular weight excluding hydrogens is 371 g/mol. The lowest BCUT2D eigenvalue weighted by atomic mass is 10.0. The molecule has 1 aromatic carbocycles. The topological polar surface area (TPSA) is 57.3 Å². The second-order valence-corrected chi connectivity index (χ2v) is 7.32. The maximum absolute atomic E-state index is 12.0. The summed E-state index contributed by atoms with van der Waals surface area (Å²) in [5, 5.41) is 7.42. The molecule has 0 unspecified atom stereocenters. The van der Waals surface area contributed by atoms with Crippen LogP contribution in [0.4, 0.5) is 5.82 Å². The van der Waals surface area contributed by atoms with Crippen molar-refractivity contribution in [3.63, 3.8) is 0 Å². The molecule has 0 spiro atoms. The SMILES string of the molecule is CNC(=O)c1cccnc1NC1CCN(Cc2cc(Cl)cc(Cl)c2)CC1. The number of hydrogen-bond donors (Lipinski definition) is 2. The van der Waals surface area contributed by atoms with E-state index in [4.69, 9.17) is 23.2 Å². The molecule has 0 saturated carbocycles. The summed E-state index contributed by atoms with van der Waals surface area (Å²) in [6.07, 6.45) is 3.67. The van der Waals surface area contributed by atoms with E-state index in [-0.39, 0.29) is 5.91 Å². The van der Waals surface area contributed by atoms with Crippen LogP contribution in [0.1, 0.15) is 28.8 Å². The van der Waals surface area contributed by atoms with Gasteiger partial charge in [0.05, 0.1) is 5.56 Å².